The molecule has 17 heavy (non-hydrogen) atoms. The normalized spacial score (nSPS) is 21.0. The van der Waals surface area contributed by atoms with Crippen molar-refractivity contribution in [2.24, 2.45) is 12.5 Å². The largest absolute Gasteiger partial charge is 0.425 e. The van der Waals surface area contributed by atoms with Crippen molar-refractivity contribution < 1.29 is 4.65 Å². The van der Waals surface area contributed by atoms with E-state index in [0.717, 1.165) is 6.32 Å². The number of hydrogen-bond acceptors (Lipinski definition) is 2. The molecule has 0 atom stereocenters. The lowest BCUT2D eigenvalue weighted by atomic mass is 9.55. The van der Waals surface area contributed by atoms with E-state index in [9.17, 15) is 0 Å². The van der Waals surface area contributed by atoms with E-state index < -0.39 is 0 Å². The fourth-order valence-corrected chi connectivity index (χ4v) is 2.06. The monoisotopic (exact) mass is 236 g/mol. The van der Waals surface area contributed by atoms with Gasteiger partial charge in [0, 0.05) is 19.4 Å². The van der Waals surface area contributed by atoms with Crippen LogP contribution in [-0.4, -0.2) is 22.3 Å². The lowest BCUT2D eigenvalue weighted by Gasteiger charge is -2.34. The van der Waals surface area contributed by atoms with E-state index >= 15 is 0 Å². The van der Waals surface area contributed by atoms with Gasteiger partial charge in [0.1, 0.15) is 0 Å². The summed E-state index contributed by atoms with van der Waals surface area (Å²) in [6.45, 7) is 13.1. The second kappa shape index (κ2) is 4.85. The van der Waals surface area contributed by atoms with E-state index in [1.54, 1.807) is 0 Å². The zero-order valence-corrected chi connectivity index (χ0v) is 12.2. The molecule has 0 N–H and O–H groups in total. The van der Waals surface area contributed by atoms with Crippen LogP contribution in [0.5, 0.6) is 0 Å². The topological polar surface area (TPSA) is 27.1 Å². The van der Waals surface area contributed by atoms with Crippen molar-refractivity contribution in [2.45, 2.75) is 53.5 Å². The Morgan fingerprint density at radius 3 is 2.24 bits per heavy atom. The zero-order valence-electron chi connectivity index (χ0n) is 12.2. The van der Waals surface area contributed by atoms with Gasteiger partial charge in [0.25, 0.3) is 0 Å². The number of hydrogen-bond donors (Lipinski definition) is 0. The summed E-state index contributed by atoms with van der Waals surface area (Å²) >= 11 is 0. The SMILES string of the molecule is CC.Cn1cc(B2CC(C)(C)C(C)(C)O2)cn1. The number of aryl methyl sites for hydroxylation is 1. The van der Waals surface area contributed by atoms with Gasteiger partial charge >= 0.3 is 6.92 Å². The Kier molecular flexibility index (Phi) is 4.08. The van der Waals surface area contributed by atoms with E-state index in [1.165, 1.54) is 5.46 Å². The lowest BCUT2D eigenvalue weighted by Crippen LogP contribution is -2.35. The minimum atomic E-state index is -0.0620. The van der Waals surface area contributed by atoms with Crippen LogP contribution in [0.3, 0.4) is 0 Å². The second-order valence-electron chi connectivity index (χ2n) is 5.65. The smallest absolute Gasteiger partial charge is 0.331 e. The maximum Gasteiger partial charge on any atom is 0.331 e. The molecule has 0 unspecified atom stereocenters. The molecular formula is C13H25BN2O. The standard InChI is InChI=1S/C11H19BN2O.C2H6/c1-10(2)8-12(15-11(10,3)4)9-6-13-14(5)7-9;1-2/h6-7H,8H2,1-5H3;1-2H3. The fraction of sp³-hybridized carbons (Fsp3) is 0.769. The van der Waals surface area contributed by atoms with Gasteiger partial charge < -0.3 is 4.65 Å². The summed E-state index contributed by atoms with van der Waals surface area (Å²) in [4.78, 5) is 0. The molecule has 96 valence electrons. The van der Waals surface area contributed by atoms with E-state index in [-0.39, 0.29) is 17.9 Å². The predicted molar refractivity (Wildman–Crippen MR) is 73.7 cm³/mol. The average Bonchev–Trinajstić information content (AvgIpc) is 2.73. The third-order valence-electron chi connectivity index (χ3n) is 3.86. The molecule has 0 aliphatic carbocycles. The first-order chi connectivity index (χ1) is 7.82. The van der Waals surface area contributed by atoms with Crippen LogP contribution in [0.25, 0.3) is 0 Å². The van der Waals surface area contributed by atoms with Gasteiger partial charge in [-0.1, -0.05) is 27.7 Å². The first kappa shape index (κ1) is 14.3. The van der Waals surface area contributed by atoms with Crippen molar-refractivity contribution in [3.8, 4) is 0 Å². The summed E-state index contributed by atoms with van der Waals surface area (Å²) < 4.78 is 7.94. The van der Waals surface area contributed by atoms with Crippen LogP contribution in [0.1, 0.15) is 41.5 Å². The van der Waals surface area contributed by atoms with Crippen molar-refractivity contribution in [3.63, 3.8) is 0 Å². The van der Waals surface area contributed by atoms with Crippen molar-refractivity contribution >= 4 is 12.4 Å². The van der Waals surface area contributed by atoms with Crippen LogP contribution in [0.2, 0.25) is 6.32 Å². The highest BCUT2D eigenvalue weighted by molar-refractivity contribution is 6.68. The molecule has 2 heterocycles. The Bertz CT molecular complexity index is 355. The van der Waals surface area contributed by atoms with Gasteiger partial charge in [0.2, 0.25) is 0 Å². The molecule has 1 aliphatic rings. The third-order valence-corrected chi connectivity index (χ3v) is 3.86. The zero-order chi connectivity index (χ0) is 13.3. The summed E-state index contributed by atoms with van der Waals surface area (Å²) in [6.07, 6.45) is 5.01. The van der Waals surface area contributed by atoms with Crippen LogP contribution in [-0.2, 0) is 11.7 Å². The molecule has 0 radical (unpaired) electrons. The number of aromatic nitrogens is 2. The first-order valence-corrected chi connectivity index (χ1v) is 6.48. The van der Waals surface area contributed by atoms with Crippen LogP contribution in [0.15, 0.2) is 12.4 Å². The molecule has 0 bridgehead atoms. The van der Waals surface area contributed by atoms with Crippen molar-refractivity contribution in [2.75, 3.05) is 0 Å². The van der Waals surface area contributed by atoms with Gasteiger partial charge in [-0.25, -0.2) is 0 Å². The molecule has 1 aromatic rings. The molecule has 3 nitrogen and oxygen atoms in total. The van der Waals surface area contributed by atoms with Crippen molar-refractivity contribution in [3.05, 3.63) is 12.4 Å². The van der Waals surface area contributed by atoms with Gasteiger partial charge in [0.05, 0.1) is 5.60 Å². The number of nitrogens with zero attached hydrogens (tertiary/aromatic N) is 2. The second-order valence-corrected chi connectivity index (χ2v) is 5.65. The van der Waals surface area contributed by atoms with E-state index in [1.807, 2.05) is 38.0 Å². The predicted octanol–water partition coefficient (Wildman–Crippen LogP) is 2.48. The Balaban J connectivity index is 0.000000686. The summed E-state index contributed by atoms with van der Waals surface area (Å²) in [5.41, 5.74) is 1.34. The Morgan fingerprint density at radius 1 is 1.29 bits per heavy atom. The Morgan fingerprint density at radius 2 is 1.88 bits per heavy atom. The molecule has 0 spiro atoms. The van der Waals surface area contributed by atoms with Gasteiger partial charge in [-0.15, -0.1) is 0 Å². The Hall–Kier alpha value is -0.765. The highest BCUT2D eigenvalue weighted by Gasteiger charge is 2.50. The third kappa shape index (κ3) is 2.74. The molecule has 1 fully saturated rings. The summed E-state index contributed by atoms with van der Waals surface area (Å²) in [7, 11) is 1.94. The fourth-order valence-electron chi connectivity index (χ4n) is 2.06. The molecule has 0 saturated carbocycles. The van der Waals surface area contributed by atoms with Crippen LogP contribution in [0, 0.1) is 5.41 Å². The molecule has 2 rings (SSSR count). The van der Waals surface area contributed by atoms with Crippen LogP contribution >= 0.6 is 0 Å². The average molecular weight is 236 g/mol. The maximum absolute atomic E-state index is 6.11. The minimum absolute atomic E-state index is 0.0620. The lowest BCUT2D eigenvalue weighted by molar-refractivity contribution is 0.0375. The van der Waals surface area contributed by atoms with Gasteiger partial charge in [0.15, 0.2) is 0 Å². The van der Waals surface area contributed by atoms with Gasteiger partial charge in [-0.05, 0) is 31.0 Å². The number of rotatable bonds is 1. The van der Waals surface area contributed by atoms with Crippen LogP contribution < -0.4 is 5.46 Å². The quantitative estimate of drug-likeness (QED) is 0.700. The summed E-state index contributed by atoms with van der Waals surface area (Å²) in [5, 5.41) is 4.19. The molecule has 4 heteroatoms. The molecule has 1 aliphatic heterocycles. The van der Waals surface area contributed by atoms with E-state index in [2.05, 4.69) is 32.8 Å². The highest BCUT2D eigenvalue weighted by atomic mass is 16.5. The molecule has 0 aromatic carbocycles. The van der Waals surface area contributed by atoms with E-state index in [0.29, 0.717) is 0 Å². The highest BCUT2D eigenvalue weighted by Crippen LogP contribution is 2.44. The van der Waals surface area contributed by atoms with Crippen molar-refractivity contribution in [1.82, 2.24) is 9.78 Å². The van der Waals surface area contributed by atoms with Crippen LogP contribution in [0.4, 0.5) is 0 Å². The summed E-state index contributed by atoms with van der Waals surface area (Å²) in [5.74, 6) is 0. The first-order valence-electron chi connectivity index (χ1n) is 6.48. The molecule has 0 amide bonds. The van der Waals surface area contributed by atoms with Gasteiger partial charge in [-0.2, -0.15) is 5.10 Å². The molecular weight excluding hydrogens is 211 g/mol. The van der Waals surface area contributed by atoms with Gasteiger partial charge in [-0.3, -0.25) is 4.68 Å². The Labute approximate surface area is 106 Å². The van der Waals surface area contributed by atoms with Crippen molar-refractivity contribution in [1.29, 1.82) is 0 Å². The summed E-state index contributed by atoms with van der Waals surface area (Å²) in [6, 6.07) is 0. The molecule has 1 aromatic heterocycles. The molecule has 1 saturated heterocycles. The van der Waals surface area contributed by atoms with E-state index in [4.69, 9.17) is 4.65 Å². The minimum Gasteiger partial charge on any atom is -0.425 e. The maximum atomic E-state index is 6.11.